The summed E-state index contributed by atoms with van der Waals surface area (Å²) >= 11 is 2.69. The normalized spacial score (nSPS) is 21.2. The number of carbonyl (C=O) groups excluding carboxylic acids is 3. The molecule has 4 aromatic rings. The Morgan fingerprint density at radius 1 is 0.600 bits per heavy atom. The number of carbonyl (C=O) groups is 4. The van der Waals surface area contributed by atoms with Crippen LogP contribution in [0, 0.1) is 11.8 Å². The van der Waals surface area contributed by atoms with E-state index in [0.29, 0.717) is 35.2 Å². The monoisotopic (exact) mass is 780 g/mol. The summed E-state index contributed by atoms with van der Waals surface area (Å²) in [5.74, 6) is -0.0599. The first kappa shape index (κ1) is 39.0. The second-order valence-electron chi connectivity index (χ2n) is 15.4. The van der Waals surface area contributed by atoms with Gasteiger partial charge in [0.25, 0.3) is 0 Å². The highest BCUT2D eigenvalue weighted by Gasteiger charge is 2.39. The van der Waals surface area contributed by atoms with Crippen LogP contribution in [0.4, 0.5) is 11.4 Å². The topological polar surface area (TPSA) is 104 Å². The van der Waals surface area contributed by atoms with E-state index in [1.807, 2.05) is 82.6 Å². The maximum atomic E-state index is 13.0. The standard InChI is InChI=1S/C23H27NO3S.C22H25NO3S/c1-27-23(26)22-19(15-20(28-22)17-11-6-3-7-12-17)24-18(13-8-14-21(24)25)16-9-4-2-5-10-16;24-20-13-7-12-17(15-8-3-1-4-9-15)23(20)18-14-19(27-21(18)22(25)26)16-10-5-2-6-11-16/h3,6-7,11-12,15-16,18H,2,4-5,8-10,13-14H2,1H3;2,5-6,10-11,14-15,17H,1,3-4,7-9,12-13H2,(H,25,26). The fraction of sp³-hybridized carbons (Fsp3) is 0.467. The van der Waals surface area contributed by atoms with Crippen molar-refractivity contribution < 1.29 is 29.0 Å². The minimum atomic E-state index is -0.946. The smallest absolute Gasteiger partial charge is 0.350 e. The lowest BCUT2D eigenvalue weighted by molar-refractivity contribution is -0.121. The fourth-order valence-corrected chi connectivity index (χ4v) is 11.4. The van der Waals surface area contributed by atoms with Crippen molar-refractivity contribution in [2.45, 2.75) is 115 Å². The molecule has 2 aliphatic carbocycles. The maximum absolute atomic E-state index is 13.0. The van der Waals surface area contributed by atoms with Gasteiger partial charge in [0.15, 0.2) is 0 Å². The third kappa shape index (κ3) is 8.76. The average Bonchev–Trinajstić information content (AvgIpc) is 3.88. The molecule has 8 rings (SSSR count). The summed E-state index contributed by atoms with van der Waals surface area (Å²) < 4.78 is 5.07. The predicted octanol–water partition coefficient (Wildman–Crippen LogP) is 11.2. The Bertz CT molecular complexity index is 1940. The first-order valence-corrected chi connectivity index (χ1v) is 21.8. The maximum Gasteiger partial charge on any atom is 0.350 e. The molecule has 4 fully saturated rings. The van der Waals surface area contributed by atoms with Gasteiger partial charge in [-0.05, 0) is 86.5 Å². The second-order valence-corrected chi connectivity index (χ2v) is 17.5. The number of rotatable bonds is 8. The Morgan fingerprint density at radius 3 is 1.44 bits per heavy atom. The Morgan fingerprint density at radius 2 is 1.02 bits per heavy atom. The summed E-state index contributed by atoms with van der Waals surface area (Å²) in [6.45, 7) is 0. The van der Waals surface area contributed by atoms with Gasteiger partial charge in [-0.15, -0.1) is 22.7 Å². The van der Waals surface area contributed by atoms with E-state index in [9.17, 15) is 24.3 Å². The van der Waals surface area contributed by atoms with Crippen LogP contribution in [-0.2, 0) is 14.3 Å². The molecule has 4 heterocycles. The van der Waals surface area contributed by atoms with Crippen LogP contribution in [-0.4, -0.2) is 48.1 Å². The summed E-state index contributed by atoms with van der Waals surface area (Å²) in [7, 11) is 1.41. The molecule has 4 aliphatic rings. The van der Waals surface area contributed by atoms with E-state index < -0.39 is 5.97 Å². The zero-order valence-corrected chi connectivity index (χ0v) is 33.4. The molecule has 2 saturated carbocycles. The predicted molar refractivity (Wildman–Crippen MR) is 221 cm³/mol. The van der Waals surface area contributed by atoms with Crippen LogP contribution < -0.4 is 9.80 Å². The highest BCUT2D eigenvalue weighted by Crippen LogP contribution is 2.45. The molecule has 2 unspecified atom stereocenters. The number of thiophene rings is 2. The molecule has 2 aliphatic heterocycles. The highest BCUT2D eigenvalue weighted by atomic mass is 32.1. The quantitative estimate of drug-likeness (QED) is 0.179. The van der Waals surface area contributed by atoms with Crippen LogP contribution in [0.3, 0.4) is 0 Å². The number of esters is 1. The number of hydrogen-bond acceptors (Lipinski definition) is 7. The van der Waals surface area contributed by atoms with Gasteiger partial charge in [-0.3, -0.25) is 9.59 Å². The molecule has 2 aromatic heterocycles. The lowest BCUT2D eigenvalue weighted by atomic mass is 9.79. The van der Waals surface area contributed by atoms with E-state index in [0.717, 1.165) is 65.1 Å². The van der Waals surface area contributed by atoms with Crippen LogP contribution >= 0.6 is 22.7 Å². The van der Waals surface area contributed by atoms with Crippen LogP contribution in [0.25, 0.3) is 20.9 Å². The molecule has 2 atom stereocenters. The Balaban J connectivity index is 0.000000169. The zero-order chi connectivity index (χ0) is 38.3. The van der Waals surface area contributed by atoms with Crippen LogP contribution in [0.2, 0.25) is 0 Å². The van der Waals surface area contributed by atoms with Gasteiger partial charge in [0.05, 0.1) is 18.5 Å². The van der Waals surface area contributed by atoms with Crippen LogP contribution in [0.5, 0.6) is 0 Å². The average molecular weight is 781 g/mol. The Hall–Kier alpha value is -4.28. The number of amides is 2. The van der Waals surface area contributed by atoms with Gasteiger partial charge in [0, 0.05) is 34.7 Å². The van der Waals surface area contributed by atoms with E-state index >= 15 is 0 Å². The molecule has 290 valence electrons. The Kier molecular flexibility index (Phi) is 12.8. The molecular formula is C45H52N2O6S2. The number of hydrogen-bond donors (Lipinski definition) is 1. The lowest BCUT2D eigenvalue weighted by Gasteiger charge is -2.41. The van der Waals surface area contributed by atoms with E-state index in [4.69, 9.17) is 4.74 Å². The van der Waals surface area contributed by atoms with Crippen LogP contribution in [0.15, 0.2) is 72.8 Å². The van der Waals surface area contributed by atoms with Crippen molar-refractivity contribution in [3.63, 3.8) is 0 Å². The van der Waals surface area contributed by atoms with E-state index in [2.05, 4.69) is 0 Å². The first-order valence-electron chi connectivity index (χ1n) is 20.2. The Labute approximate surface area is 332 Å². The molecular weight excluding hydrogens is 729 g/mol. The van der Waals surface area contributed by atoms with Crippen molar-refractivity contribution in [2.24, 2.45) is 11.8 Å². The molecule has 0 radical (unpaired) electrons. The van der Waals surface area contributed by atoms with Gasteiger partial charge < -0.3 is 19.6 Å². The van der Waals surface area contributed by atoms with Gasteiger partial charge in [-0.1, -0.05) is 99.2 Å². The molecule has 10 heteroatoms. The minimum Gasteiger partial charge on any atom is -0.477 e. The minimum absolute atomic E-state index is 0.0803. The third-order valence-corrected chi connectivity index (χ3v) is 14.3. The van der Waals surface area contributed by atoms with Crippen molar-refractivity contribution >= 4 is 57.8 Å². The lowest BCUT2D eigenvalue weighted by Crippen LogP contribution is -2.48. The van der Waals surface area contributed by atoms with Crippen molar-refractivity contribution in [1.29, 1.82) is 0 Å². The number of carboxylic acids is 1. The largest absolute Gasteiger partial charge is 0.477 e. The van der Waals surface area contributed by atoms with Crippen LogP contribution in [0.1, 0.15) is 122 Å². The number of carboxylic acid groups (broad SMARTS) is 1. The van der Waals surface area contributed by atoms with Crippen molar-refractivity contribution in [3.05, 3.63) is 82.6 Å². The fourth-order valence-electron chi connectivity index (χ4n) is 9.35. The number of ether oxygens (including phenoxy) is 1. The molecule has 2 amide bonds. The summed E-state index contributed by atoms with van der Waals surface area (Å²) in [4.78, 5) is 57.0. The van der Waals surface area contributed by atoms with Gasteiger partial charge in [0.2, 0.25) is 11.8 Å². The van der Waals surface area contributed by atoms with Gasteiger partial charge >= 0.3 is 11.9 Å². The van der Waals surface area contributed by atoms with E-state index in [1.54, 1.807) is 0 Å². The molecule has 8 nitrogen and oxygen atoms in total. The van der Waals surface area contributed by atoms with E-state index in [-0.39, 0.29) is 34.7 Å². The summed E-state index contributed by atoms with van der Waals surface area (Å²) in [5, 5.41) is 9.81. The molecule has 2 saturated heterocycles. The number of anilines is 2. The zero-order valence-electron chi connectivity index (χ0n) is 31.8. The van der Waals surface area contributed by atoms with Crippen molar-refractivity contribution in [2.75, 3.05) is 16.9 Å². The molecule has 0 spiro atoms. The SMILES string of the molecule is COC(=O)c1sc(-c2ccccc2)cc1N1C(=O)CCCC1C1CCCCC1.O=C(O)c1sc(-c2ccccc2)cc1N1C(=O)CCCC1C1CCCCC1. The number of benzene rings is 2. The third-order valence-electron chi connectivity index (χ3n) is 12.0. The van der Waals surface area contributed by atoms with Gasteiger partial charge in [-0.25, -0.2) is 9.59 Å². The number of nitrogens with zero attached hydrogens (tertiary/aromatic N) is 2. The summed E-state index contributed by atoms with van der Waals surface area (Å²) in [6.07, 6.45) is 17.1. The van der Waals surface area contributed by atoms with E-state index in [1.165, 1.54) is 81.1 Å². The molecule has 0 bridgehead atoms. The molecule has 55 heavy (non-hydrogen) atoms. The van der Waals surface area contributed by atoms with Crippen molar-refractivity contribution in [1.82, 2.24) is 0 Å². The highest BCUT2D eigenvalue weighted by molar-refractivity contribution is 7.18. The summed E-state index contributed by atoms with van der Waals surface area (Å²) in [6, 6.07) is 24.1. The second kappa shape index (κ2) is 18.1. The van der Waals surface area contributed by atoms with Crippen molar-refractivity contribution in [3.8, 4) is 20.9 Å². The number of piperidine rings is 2. The number of methoxy groups -OCH3 is 1. The van der Waals surface area contributed by atoms with Gasteiger partial charge in [0.1, 0.15) is 9.75 Å². The first-order chi connectivity index (χ1) is 26.8. The summed E-state index contributed by atoms with van der Waals surface area (Å²) in [5.41, 5.74) is 3.40. The van der Waals surface area contributed by atoms with Gasteiger partial charge in [-0.2, -0.15) is 0 Å². The molecule has 1 N–H and O–H groups in total. The number of aromatic carboxylic acids is 1. The molecule has 2 aromatic carbocycles.